The van der Waals surface area contributed by atoms with E-state index in [0.29, 0.717) is 5.92 Å². The van der Waals surface area contributed by atoms with Crippen LogP contribution in [0.2, 0.25) is 0 Å². The van der Waals surface area contributed by atoms with E-state index in [9.17, 15) is 0 Å². The topological polar surface area (TPSA) is 18.5 Å². The predicted molar refractivity (Wildman–Crippen MR) is 68.4 cm³/mol. The van der Waals surface area contributed by atoms with Crippen molar-refractivity contribution in [1.82, 2.24) is 0 Å². The molecule has 0 saturated carbocycles. The van der Waals surface area contributed by atoms with Crippen molar-refractivity contribution in [2.45, 2.75) is 26.7 Å². The minimum atomic E-state index is 0.625. The van der Waals surface area contributed by atoms with Gasteiger partial charge in [0.1, 0.15) is 11.5 Å². The highest BCUT2D eigenvalue weighted by atomic mass is 79.9. The van der Waals surface area contributed by atoms with Gasteiger partial charge in [-0.1, -0.05) is 13.8 Å². The second kappa shape index (κ2) is 4.66. The molecule has 1 aromatic carbocycles. The van der Waals surface area contributed by atoms with Gasteiger partial charge in [0.15, 0.2) is 0 Å². The molecule has 3 heteroatoms. The molecule has 0 aromatic heterocycles. The number of hydrogen-bond donors (Lipinski definition) is 0. The van der Waals surface area contributed by atoms with Crippen LogP contribution in [0.4, 0.5) is 0 Å². The molecule has 88 valence electrons. The van der Waals surface area contributed by atoms with Crippen molar-refractivity contribution in [3.63, 3.8) is 0 Å². The molecule has 1 aliphatic rings. The van der Waals surface area contributed by atoms with Crippen molar-refractivity contribution in [2.24, 2.45) is 5.92 Å². The molecule has 0 amide bonds. The van der Waals surface area contributed by atoms with E-state index >= 15 is 0 Å². The Morgan fingerprint density at radius 3 is 2.88 bits per heavy atom. The monoisotopic (exact) mass is 284 g/mol. The Kier molecular flexibility index (Phi) is 3.43. The highest BCUT2D eigenvalue weighted by Gasteiger charge is 2.23. The number of fused-ring (bicyclic) bond motifs is 1. The van der Waals surface area contributed by atoms with Gasteiger partial charge in [0.2, 0.25) is 0 Å². The number of halogens is 1. The highest BCUT2D eigenvalue weighted by molar-refractivity contribution is 9.10. The Hall–Kier alpha value is -0.700. The number of ether oxygens (including phenoxy) is 2. The molecule has 0 atom stereocenters. The molecule has 0 radical (unpaired) electrons. The second-order valence-corrected chi connectivity index (χ2v) is 5.40. The third kappa shape index (κ3) is 2.05. The fourth-order valence-corrected chi connectivity index (χ4v) is 2.75. The lowest BCUT2D eigenvalue weighted by Gasteiger charge is -2.15. The molecule has 0 saturated heterocycles. The molecule has 0 N–H and O–H groups in total. The van der Waals surface area contributed by atoms with Gasteiger partial charge in [-0.2, -0.15) is 0 Å². The lowest BCUT2D eigenvalue weighted by atomic mass is 9.95. The van der Waals surface area contributed by atoms with Gasteiger partial charge in [-0.05, 0) is 34.3 Å². The van der Waals surface area contributed by atoms with E-state index in [4.69, 9.17) is 9.47 Å². The summed E-state index contributed by atoms with van der Waals surface area (Å²) in [7, 11) is 1.73. The number of benzene rings is 1. The van der Waals surface area contributed by atoms with Crippen LogP contribution in [0, 0.1) is 5.92 Å². The molecule has 2 rings (SSSR count). The zero-order chi connectivity index (χ0) is 11.7. The summed E-state index contributed by atoms with van der Waals surface area (Å²) in [6.07, 6.45) is 2.04. The van der Waals surface area contributed by atoms with E-state index in [2.05, 4.69) is 29.8 Å². The second-order valence-electron chi connectivity index (χ2n) is 4.54. The quantitative estimate of drug-likeness (QED) is 0.845. The molecule has 1 heterocycles. The van der Waals surface area contributed by atoms with E-state index in [1.54, 1.807) is 7.11 Å². The van der Waals surface area contributed by atoms with E-state index in [1.165, 1.54) is 11.1 Å². The highest BCUT2D eigenvalue weighted by Crippen LogP contribution is 2.41. The Labute approximate surface area is 105 Å². The molecule has 0 unspecified atom stereocenters. The van der Waals surface area contributed by atoms with Crippen LogP contribution < -0.4 is 9.47 Å². The van der Waals surface area contributed by atoms with E-state index in [1.807, 2.05) is 6.07 Å². The summed E-state index contributed by atoms with van der Waals surface area (Å²) in [4.78, 5) is 0. The van der Waals surface area contributed by atoms with Crippen molar-refractivity contribution in [2.75, 3.05) is 13.7 Å². The van der Waals surface area contributed by atoms with Gasteiger partial charge in [0.05, 0.1) is 18.2 Å². The molecule has 1 aliphatic heterocycles. The zero-order valence-electron chi connectivity index (χ0n) is 9.97. The fraction of sp³-hybridized carbons (Fsp3) is 0.538. The lowest BCUT2D eigenvalue weighted by molar-refractivity contribution is 0.354. The van der Waals surface area contributed by atoms with Gasteiger partial charge in [-0.25, -0.2) is 0 Å². The average molecular weight is 285 g/mol. The summed E-state index contributed by atoms with van der Waals surface area (Å²) < 4.78 is 12.1. The molecular weight excluding hydrogens is 268 g/mol. The van der Waals surface area contributed by atoms with Gasteiger partial charge in [0, 0.05) is 17.5 Å². The van der Waals surface area contributed by atoms with Crippen LogP contribution in [0.1, 0.15) is 25.0 Å². The van der Waals surface area contributed by atoms with Crippen LogP contribution in [0.15, 0.2) is 10.5 Å². The summed E-state index contributed by atoms with van der Waals surface area (Å²) in [5.41, 5.74) is 2.63. The number of rotatable bonds is 3. The minimum Gasteiger partial charge on any atom is -0.496 e. The first kappa shape index (κ1) is 11.8. The zero-order valence-corrected chi connectivity index (χ0v) is 11.6. The largest absolute Gasteiger partial charge is 0.496 e. The molecule has 0 spiro atoms. The van der Waals surface area contributed by atoms with Crippen molar-refractivity contribution < 1.29 is 9.47 Å². The fourth-order valence-electron chi connectivity index (χ4n) is 2.19. The molecule has 16 heavy (non-hydrogen) atoms. The van der Waals surface area contributed by atoms with Gasteiger partial charge in [0.25, 0.3) is 0 Å². The summed E-state index contributed by atoms with van der Waals surface area (Å²) >= 11 is 3.53. The standard InChI is InChI=1S/C13H17BrO2/c1-8(2)6-10-9-4-5-16-13(9)11(14)7-12(10)15-3/h7-8H,4-6H2,1-3H3. The summed E-state index contributed by atoms with van der Waals surface area (Å²) in [5, 5.41) is 0. The Morgan fingerprint density at radius 2 is 2.25 bits per heavy atom. The predicted octanol–water partition coefficient (Wildman–Crippen LogP) is 3.59. The first-order valence-electron chi connectivity index (χ1n) is 5.64. The summed E-state index contributed by atoms with van der Waals surface area (Å²) in [6, 6.07) is 2.02. The molecule has 2 nitrogen and oxygen atoms in total. The lowest BCUT2D eigenvalue weighted by Crippen LogP contribution is -2.02. The number of methoxy groups -OCH3 is 1. The van der Waals surface area contributed by atoms with Crippen molar-refractivity contribution in [1.29, 1.82) is 0 Å². The molecular formula is C13H17BrO2. The maximum atomic E-state index is 5.65. The molecule has 0 fully saturated rings. The average Bonchev–Trinajstić information content (AvgIpc) is 2.70. The number of hydrogen-bond acceptors (Lipinski definition) is 2. The van der Waals surface area contributed by atoms with E-state index < -0.39 is 0 Å². The first-order valence-corrected chi connectivity index (χ1v) is 6.43. The first-order chi connectivity index (χ1) is 7.63. The summed E-state index contributed by atoms with van der Waals surface area (Å²) in [5.74, 6) is 2.61. The maximum Gasteiger partial charge on any atom is 0.137 e. The van der Waals surface area contributed by atoms with Crippen molar-refractivity contribution >= 4 is 15.9 Å². The van der Waals surface area contributed by atoms with Gasteiger partial charge in [-0.3, -0.25) is 0 Å². The van der Waals surface area contributed by atoms with Crippen molar-refractivity contribution in [3.8, 4) is 11.5 Å². The Morgan fingerprint density at radius 1 is 1.50 bits per heavy atom. The third-order valence-electron chi connectivity index (χ3n) is 2.84. The third-order valence-corrected chi connectivity index (χ3v) is 3.43. The van der Waals surface area contributed by atoms with Gasteiger partial charge < -0.3 is 9.47 Å². The minimum absolute atomic E-state index is 0.625. The van der Waals surface area contributed by atoms with E-state index in [0.717, 1.165) is 35.4 Å². The molecule has 0 aliphatic carbocycles. The van der Waals surface area contributed by atoms with Crippen LogP contribution in [-0.4, -0.2) is 13.7 Å². The van der Waals surface area contributed by atoms with Crippen molar-refractivity contribution in [3.05, 3.63) is 21.7 Å². The molecule has 0 bridgehead atoms. The van der Waals surface area contributed by atoms with Gasteiger partial charge >= 0.3 is 0 Å². The van der Waals surface area contributed by atoms with Crippen LogP contribution >= 0.6 is 15.9 Å². The Bertz CT molecular complexity index is 399. The SMILES string of the molecule is COc1cc(Br)c2c(c1CC(C)C)CCO2. The van der Waals surface area contributed by atoms with Crippen LogP contribution in [0.3, 0.4) is 0 Å². The summed E-state index contributed by atoms with van der Waals surface area (Å²) in [6.45, 7) is 5.24. The molecule has 1 aromatic rings. The van der Waals surface area contributed by atoms with Crippen LogP contribution in [-0.2, 0) is 12.8 Å². The normalized spacial score (nSPS) is 13.8. The smallest absolute Gasteiger partial charge is 0.137 e. The van der Waals surface area contributed by atoms with Gasteiger partial charge in [-0.15, -0.1) is 0 Å². The Balaban J connectivity index is 2.51. The maximum absolute atomic E-state index is 5.65. The van der Waals surface area contributed by atoms with Crippen LogP contribution in [0.5, 0.6) is 11.5 Å². The van der Waals surface area contributed by atoms with Crippen LogP contribution in [0.25, 0.3) is 0 Å². The van der Waals surface area contributed by atoms with E-state index in [-0.39, 0.29) is 0 Å².